The van der Waals surface area contributed by atoms with Crippen LogP contribution in [0.3, 0.4) is 0 Å². The number of hydrogen-bond acceptors (Lipinski definition) is 1. The Morgan fingerprint density at radius 3 is 2.11 bits per heavy atom. The van der Waals surface area contributed by atoms with Gasteiger partial charge in [0, 0.05) is 32.7 Å². The van der Waals surface area contributed by atoms with E-state index in [0.717, 1.165) is 6.67 Å². The van der Waals surface area contributed by atoms with Gasteiger partial charge in [-0.25, -0.2) is 0 Å². The summed E-state index contributed by atoms with van der Waals surface area (Å²) in [4.78, 5) is 2.25. The van der Waals surface area contributed by atoms with E-state index in [2.05, 4.69) is 31.1 Å². The van der Waals surface area contributed by atoms with Crippen LogP contribution in [-0.4, -0.2) is 30.7 Å². The first kappa shape index (κ1) is 10.0. The summed E-state index contributed by atoms with van der Waals surface area (Å²) in [5.74, 6) is 0. The second-order valence-corrected chi connectivity index (χ2v) is 2.56. The SMILES string of the molecule is CC1[N-]CN(C)C1C.[Y]. The predicted octanol–water partition coefficient (Wildman–Crippen LogP) is 1.04. The van der Waals surface area contributed by atoms with Crippen LogP contribution < -0.4 is 0 Å². The molecule has 0 aliphatic carbocycles. The molecule has 0 bridgehead atoms. The Kier molecular flexibility index (Phi) is 4.48. The van der Waals surface area contributed by atoms with Gasteiger partial charge in [0.15, 0.2) is 0 Å². The van der Waals surface area contributed by atoms with E-state index < -0.39 is 0 Å². The van der Waals surface area contributed by atoms with E-state index in [9.17, 15) is 0 Å². The molecule has 1 radical (unpaired) electrons. The zero-order valence-electron chi connectivity index (χ0n) is 6.33. The normalized spacial score (nSPS) is 36.3. The minimum atomic E-state index is 0. The van der Waals surface area contributed by atoms with Crippen molar-refractivity contribution < 1.29 is 32.7 Å². The Labute approximate surface area is 82.3 Å². The molecule has 9 heavy (non-hydrogen) atoms. The third kappa shape index (κ3) is 2.26. The number of hydrogen-bond donors (Lipinski definition) is 0. The van der Waals surface area contributed by atoms with E-state index in [1.165, 1.54) is 0 Å². The van der Waals surface area contributed by atoms with Crippen molar-refractivity contribution in [2.45, 2.75) is 25.9 Å². The number of nitrogens with zero attached hydrogens (tertiary/aromatic N) is 2. The van der Waals surface area contributed by atoms with Gasteiger partial charge in [-0.1, -0.05) is 20.5 Å². The zero-order chi connectivity index (χ0) is 6.15. The van der Waals surface area contributed by atoms with Crippen LogP contribution in [0.15, 0.2) is 0 Å². The van der Waals surface area contributed by atoms with Gasteiger partial charge >= 0.3 is 0 Å². The molecular formula is C6H13N2Y-. The fourth-order valence-electron chi connectivity index (χ4n) is 0.907. The molecule has 0 aromatic rings. The molecule has 2 unspecified atom stereocenters. The second kappa shape index (κ2) is 4.02. The van der Waals surface area contributed by atoms with Gasteiger partial charge in [0.05, 0.1) is 0 Å². The standard InChI is InChI=1S/C6H13N2.Y/c1-5-6(2)8(3)4-7-5;/h5-6H,4H2,1-3H3;/q-1;. The largest absolute Gasteiger partial charge is 0.646 e. The maximum absolute atomic E-state index is 4.32. The van der Waals surface area contributed by atoms with E-state index >= 15 is 0 Å². The third-order valence-electron chi connectivity index (χ3n) is 1.99. The summed E-state index contributed by atoms with van der Waals surface area (Å²) in [5.41, 5.74) is 0. The number of likely N-dealkylation sites (N-methyl/N-ethyl adjacent to an activating group) is 1. The van der Waals surface area contributed by atoms with Crippen LogP contribution in [0, 0.1) is 0 Å². The molecule has 1 fully saturated rings. The molecule has 51 valence electrons. The molecule has 0 amide bonds. The van der Waals surface area contributed by atoms with Gasteiger partial charge in [0.1, 0.15) is 0 Å². The van der Waals surface area contributed by atoms with Gasteiger partial charge in [0.2, 0.25) is 0 Å². The third-order valence-corrected chi connectivity index (χ3v) is 1.99. The van der Waals surface area contributed by atoms with Crippen molar-refractivity contribution in [1.29, 1.82) is 0 Å². The first-order chi connectivity index (χ1) is 3.72. The van der Waals surface area contributed by atoms with Crippen LogP contribution in [0.2, 0.25) is 0 Å². The molecule has 1 aliphatic rings. The van der Waals surface area contributed by atoms with Gasteiger partial charge in [-0.05, 0) is 13.1 Å². The molecule has 2 atom stereocenters. The Morgan fingerprint density at radius 1 is 1.44 bits per heavy atom. The smallest absolute Gasteiger partial charge is 0 e. The molecule has 1 heterocycles. The summed E-state index contributed by atoms with van der Waals surface area (Å²) >= 11 is 0. The molecular weight excluding hydrogens is 189 g/mol. The van der Waals surface area contributed by atoms with Crippen LogP contribution in [0.5, 0.6) is 0 Å². The summed E-state index contributed by atoms with van der Waals surface area (Å²) in [7, 11) is 2.11. The maximum atomic E-state index is 4.32. The first-order valence-corrected chi connectivity index (χ1v) is 3.08. The molecule has 0 aromatic carbocycles. The molecule has 0 aromatic heterocycles. The van der Waals surface area contributed by atoms with E-state index in [4.69, 9.17) is 0 Å². The Bertz CT molecular complexity index is 77.1. The van der Waals surface area contributed by atoms with Crippen molar-refractivity contribution in [2.24, 2.45) is 0 Å². The van der Waals surface area contributed by atoms with Crippen molar-refractivity contribution in [2.75, 3.05) is 13.7 Å². The molecule has 1 aliphatic heterocycles. The zero-order valence-corrected chi connectivity index (χ0v) is 9.17. The van der Waals surface area contributed by atoms with Crippen LogP contribution in [0.1, 0.15) is 13.8 Å². The van der Waals surface area contributed by atoms with E-state index in [1.807, 2.05) is 0 Å². The summed E-state index contributed by atoms with van der Waals surface area (Å²) in [5, 5.41) is 4.32. The van der Waals surface area contributed by atoms with Gasteiger partial charge in [-0.3, -0.25) is 0 Å². The Balaban J connectivity index is 0.000000640. The maximum Gasteiger partial charge on any atom is 0 e. The van der Waals surface area contributed by atoms with E-state index in [-0.39, 0.29) is 32.7 Å². The van der Waals surface area contributed by atoms with Crippen molar-refractivity contribution >= 4 is 0 Å². The molecule has 0 N–H and O–H groups in total. The summed E-state index contributed by atoms with van der Waals surface area (Å²) < 4.78 is 0. The molecule has 2 nitrogen and oxygen atoms in total. The van der Waals surface area contributed by atoms with E-state index in [1.54, 1.807) is 0 Å². The van der Waals surface area contributed by atoms with Gasteiger partial charge in [-0.2, -0.15) is 0 Å². The number of rotatable bonds is 0. The molecule has 1 rings (SSSR count). The van der Waals surface area contributed by atoms with Crippen molar-refractivity contribution in [3.05, 3.63) is 5.32 Å². The minimum absolute atomic E-state index is 0. The average Bonchev–Trinajstić information content (AvgIpc) is 1.98. The van der Waals surface area contributed by atoms with Crippen molar-refractivity contribution in [3.63, 3.8) is 0 Å². The Morgan fingerprint density at radius 2 is 2.00 bits per heavy atom. The van der Waals surface area contributed by atoms with Crippen molar-refractivity contribution in [3.8, 4) is 0 Å². The fourth-order valence-corrected chi connectivity index (χ4v) is 0.907. The summed E-state index contributed by atoms with van der Waals surface area (Å²) in [6.45, 7) is 5.29. The Hall–Kier alpha value is 1.02. The topological polar surface area (TPSA) is 17.3 Å². The van der Waals surface area contributed by atoms with Gasteiger partial charge in [-0.15, -0.1) is 6.04 Å². The molecule has 1 saturated heterocycles. The van der Waals surface area contributed by atoms with E-state index in [0.29, 0.717) is 12.1 Å². The molecule has 0 saturated carbocycles. The second-order valence-electron chi connectivity index (χ2n) is 2.56. The fraction of sp³-hybridized carbons (Fsp3) is 1.00. The summed E-state index contributed by atoms with van der Waals surface area (Å²) in [6, 6.07) is 1.19. The summed E-state index contributed by atoms with van der Waals surface area (Å²) in [6.07, 6.45) is 0. The van der Waals surface area contributed by atoms with Crippen LogP contribution in [-0.2, 0) is 32.7 Å². The first-order valence-electron chi connectivity index (χ1n) is 3.08. The minimum Gasteiger partial charge on any atom is -0.646 e. The monoisotopic (exact) mass is 202 g/mol. The molecule has 0 spiro atoms. The van der Waals surface area contributed by atoms with Crippen LogP contribution in [0.25, 0.3) is 5.32 Å². The van der Waals surface area contributed by atoms with Gasteiger partial charge in [0.25, 0.3) is 0 Å². The van der Waals surface area contributed by atoms with Gasteiger partial charge < -0.3 is 10.2 Å². The average molecular weight is 202 g/mol. The van der Waals surface area contributed by atoms with Crippen LogP contribution in [0.4, 0.5) is 0 Å². The quantitative estimate of drug-likeness (QED) is 0.573. The predicted molar refractivity (Wildman–Crippen MR) is 34.9 cm³/mol. The molecule has 3 heteroatoms. The van der Waals surface area contributed by atoms with Crippen LogP contribution >= 0.6 is 0 Å². The van der Waals surface area contributed by atoms with Crippen molar-refractivity contribution in [1.82, 2.24) is 4.90 Å².